The number of Topliss-reactive ketones (excluding diaryl/α,β-unsaturated/α-hetero) is 1. The Labute approximate surface area is 253 Å². The minimum absolute atomic E-state index is 0.0839. The van der Waals surface area contributed by atoms with Crippen molar-refractivity contribution in [1.82, 2.24) is 5.32 Å². The summed E-state index contributed by atoms with van der Waals surface area (Å²) in [6.45, 7) is 8.58. The predicted molar refractivity (Wildman–Crippen MR) is 167 cm³/mol. The third-order valence-corrected chi connectivity index (χ3v) is 10.2. The lowest BCUT2D eigenvalue weighted by Crippen LogP contribution is -2.55. The first-order valence-corrected chi connectivity index (χ1v) is 14.9. The molecule has 2 aliphatic rings. The Kier molecular flexibility index (Phi) is 8.31. The fourth-order valence-corrected chi connectivity index (χ4v) is 7.89. The standard InChI is InChI=1S/C36H43NO6/c1-22-33-28(21-38)19-35(34(22,2)3,36(33,42)43-5)32(41)14-11-23-7-6-8-25(15-23)26-17-27(20-37-4)30(31(40)18-26)16-24-9-12-29(39)13-10-24/h6-10,12-13,15,17-18,28,33,37-40,42H,1,11,14,16,19-21H2,2-5H3/t28-,33-,35-,36+/m1/s1. The van der Waals surface area contributed by atoms with Crippen LogP contribution < -0.4 is 5.32 Å². The van der Waals surface area contributed by atoms with Gasteiger partial charge >= 0.3 is 0 Å². The van der Waals surface area contributed by atoms with Gasteiger partial charge in [0.15, 0.2) is 5.79 Å². The van der Waals surface area contributed by atoms with Crippen LogP contribution in [0.2, 0.25) is 0 Å². The minimum atomic E-state index is -1.71. The van der Waals surface area contributed by atoms with Gasteiger partial charge < -0.3 is 30.5 Å². The smallest absolute Gasteiger partial charge is 0.185 e. The third-order valence-electron chi connectivity index (χ3n) is 10.2. The zero-order valence-corrected chi connectivity index (χ0v) is 25.5. The molecule has 0 spiro atoms. The molecule has 43 heavy (non-hydrogen) atoms. The summed E-state index contributed by atoms with van der Waals surface area (Å²) < 4.78 is 5.69. The number of benzene rings is 3. The molecule has 2 saturated carbocycles. The van der Waals surface area contributed by atoms with E-state index in [4.69, 9.17) is 4.74 Å². The first-order valence-electron chi connectivity index (χ1n) is 14.9. The number of hydrogen-bond acceptors (Lipinski definition) is 7. The zero-order chi connectivity index (χ0) is 31.2. The molecule has 0 aliphatic heterocycles. The Morgan fingerprint density at radius 2 is 1.77 bits per heavy atom. The highest BCUT2D eigenvalue weighted by Gasteiger charge is 2.79. The number of methoxy groups -OCH3 is 1. The number of nitrogens with one attached hydrogen (secondary N) is 1. The maximum atomic E-state index is 14.1. The number of carbonyl (C=O) groups is 1. The van der Waals surface area contributed by atoms with Gasteiger partial charge in [-0.15, -0.1) is 0 Å². The van der Waals surface area contributed by atoms with Gasteiger partial charge in [0, 0.05) is 50.0 Å². The Morgan fingerprint density at radius 3 is 2.42 bits per heavy atom. The van der Waals surface area contributed by atoms with E-state index in [1.807, 2.05) is 57.3 Å². The fourth-order valence-electron chi connectivity index (χ4n) is 7.89. The number of aliphatic hydroxyl groups is 2. The van der Waals surface area contributed by atoms with Crippen molar-refractivity contribution < 1.29 is 30.0 Å². The average Bonchev–Trinajstić information content (AvgIpc) is 3.34. The number of aryl methyl sites for hydroxylation is 1. The highest BCUT2D eigenvalue weighted by atomic mass is 16.6. The van der Waals surface area contributed by atoms with Crippen molar-refractivity contribution in [2.24, 2.45) is 22.7 Å². The second-order valence-corrected chi connectivity index (χ2v) is 12.7. The molecule has 0 radical (unpaired) electrons. The molecule has 3 aromatic carbocycles. The summed E-state index contributed by atoms with van der Waals surface area (Å²) in [4.78, 5) is 14.1. The van der Waals surface area contributed by atoms with Crippen LogP contribution in [0.3, 0.4) is 0 Å². The minimum Gasteiger partial charge on any atom is -0.508 e. The van der Waals surface area contributed by atoms with Gasteiger partial charge in [0.1, 0.15) is 17.3 Å². The summed E-state index contributed by atoms with van der Waals surface area (Å²) in [6.07, 6.45) is 1.56. The van der Waals surface area contributed by atoms with Crippen molar-refractivity contribution in [2.45, 2.75) is 51.9 Å². The van der Waals surface area contributed by atoms with E-state index in [9.17, 15) is 25.2 Å². The van der Waals surface area contributed by atoms with Gasteiger partial charge in [-0.05, 0) is 77.9 Å². The number of ketones is 1. The van der Waals surface area contributed by atoms with E-state index >= 15 is 0 Å². The predicted octanol–water partition coefficient (Wildman–Crippen LogP) is 5.12. The Balaban J connectivity index is 1.40. The van der Waals surface area contributed by atoms with Crippen LogP contribution in [-0.2, 0) is 28.9 Å². The molecule has 228 valence electrons. The van der Waals surface area contributed by atoms with E-state index in [-0.39, 0.29) is 36.2 Å². The van der Waals surface area contributed by atoms with Crippen LogP contribution in [0.5, 0.6) is 11.5 Å². The quantitative estimate of drug-likeness (QED) is 0.157. The van der Waals surface area contributed by atoms with Crippen LogP contribution in [0, 0.1) is 22.7 Å². The Bertz CT molecular complexity index is 1530. The van der Waals surface area contributed by atoms with Crippen molar-refractivity contribution in [3.05, 3.63) is 95.1 Å². The molecule has 0 aromatic heterocycles. The fraction of sp³-hybridized carbons (Fsp3) is 0.417. The molecular formula is C36H43NO6. The molecule has 4 atom stereocenters. The summed E-state index contributed by atoms with van der Waals surface area (Å²) >= 11 is 0. The Hall–Kier alpha value is -3.49. The second kappa shape index (κ2) is 11.5. The molecule has 0 heterocycles. The maximum Gasteiger partial charge on any atom is 0.185 e. The average molecular weight is 586 g/mol. The van der Waals surface area contributed by atoms with Crippen LogP contribution in [-0.4, -0.2) is 52.8 Å². The monoisotopic (exact) mass is 585 g/mol. The van der Waals surface area contributed by atoms with Crippen molar-refractivity contribution in [1.29, 1.82) is 0 Å². The number of hydrogen-bond donors (Lipinski definition) is 5. The van der Waals surface area contributed by atoms with Crippen molar-refractivity contribution >= 4 is 5.78 Å². The first-order chi connectivity index (χ1) is 20.4. The molecular weight excluding hydrogens is 542 g/mol. The molecule has 7 heteroatoms. The summed E-state index contributed by atoms with van der Waals surface area (Å²) in [5.74, 6) is -2.17. The molecule has 2 bridgehead atoms. The number of ether oxygens (including phenoxy) is 1. The van der Waals surface area contributed by atoms with Crippen molar-refractivity contribution in [3.63, 3.8) is 0 Å². The molecule has 5 N–H and O–H groups in total. The molecule has 0 unspecified atom stereocenters. The van der Waals surface area contributed by atoms with Crippen molar-refractivity contribution in [3.8, 4) is 22.6 Å². The van der Waals surface area contributed by atoms with E-state index in [0.29, 0.717) is 25.8 Å². The number of phenols is 2. The van der Waals surface area contributed by atoms with Gasteiger partial charge in [-0.25, -0.2) is 0 Å². The van der Waals surface area contributed by atoms with Gasteiger partial charge in [0.25, 0.3) is 0 Å². The molecule has 2 fully saturated rings. The first kappa shape index (κ1) is 31.0. The highest BCUT2D eigenvalue weighted by Crippen LogP contribution is 2.73. The lowest BCUT2D eigenvalue weighted by molar-refractivity contribution is -0.253. The zero-order valence-electron chi connectivity index (χ0n) is 25.5. The number of carbonyl (C=O) groups excluding carboxylic acids is 1. The van der Waals surface area contributed by atoms with Gasteiger partial charge in [-0.2, -0.15) is 0 Å². The molecule has 5 rings (SSSR count). The lowest BCUT2D eigenvalue weighted by Gasteiger charge is -2.46. The van der Waals surface area contributed by atoms with Crippen LogP contribution in [0.1, 0.15) is 48.9 Å². The number of aromatic hydroxyl groups is 2. The van der Waals surface area contributed by atoms with Crippen LogP contribution in [0.4, 0.5) is 0 Å². The van der Waals surface area contributed by atoms with Gasteiger partial charge in [0.2, 0.25) is 0 Å². The molecule has 0 saturated heterocycles. The topological polar surface area (TPSA) is 119 Å². The van der Waals surface area contributed by atoms with Crippen LogP contribution >= 0.6 is 0 Å². The molecule has 3 aromatic rings. The van der Waals surface area contributed by atoms with E-state index in [1.54, 1.807) is 18.2 Å². The van der Waals surface area contributed by atoms with E-state index < -0.39 is 22.5 Å². The van der Waals surface area contributed by atoms with Crippen LogP contribution in [0.15, 0.2) is 72.8 Å². The summed E-state index contributed by atoms with van der Waals surface area (Å²) in [5, 5.41) is 45.8. The third kappa shape index (κ3) is 4.89. The molecule has 0 amide bonds. The van der Waals surface area contributed by atoms with Gasteiger partial charge in [-0.3, -0.25) is 4.79 Å². The normalized spacial score (nSPS) is 25.8. The van der Waals surface area contributed by atoms with E-state index in [0.717, 1.165) is 39.0 Å². The summed E-state index contributed by atoms with van der Waals surface area (Å²) in [5.41, 5.74) is 4.43. The van der Waals surface area contributed by atoms with Gasteiger partial charge in [0.05, 0.1) is 5.41 Å². The largest absolute Gasteiger partial charge is 0.508 e. The van der Waals surface area contributed by atoms with Crippen LogP contribution in [0.25, 0.3) is 11.1 Å². The second-order valence-electron chi connectivity index (χ2n) is 12.7. The number of phenolic OH excluding ortho intramolecular Hbond substituents is 2. The molecule has 7 nitrogen and oxygen atoms in total. The summed E-state index contributed by atoms with van der Waals surface area (Å²) in [7, 11) is 3.30. The SMILES string of the molecule is C=C1[C@@H]2[C@@H](CO)C[C@@](C(=O)CCc3cccc(-c4cc(O)c(Cc5ccc(O)cc5)c(CNC)c4)c3)(C1(C)C)[C@@]2(O)OC. The van der Waals surface area contributed by atoms with Crippen molar-refractivity contribution in [2.75, 3.05) is 20.8 Å². The number of fused-ring (bicyclic) bond motifs is 2. The Morgan fingerprint density at radius 1 is 1.05 bits per heavy atom. The van der Waals surface area contributed by atoms with E-state index in [1.165, 1.54) is 7.11 Å². The summed E-state index contributed by atoms with van der Waals surface area (Å²) in [6, 6.07) is 18.8. The lowest BCUT2D eigenvalue weighted by atomic mass is 9.58. The van der Waals surface area contributed by atoms with E-state index in [2.05, 4.69) is 18.0 Å². The maximum absolute atomic E-state index is 14.1. The highest BCUT2D eigenvalue weighted by molar-refractivity contribution is 5.89. The number of rotatable bonds is 11. The van der Waals surface area contributed by atoms with Gasteiger partial charge in [-0.1, -0.05) is 62.4 Å². The number of aliphatic hydroxyl groups excluding tert-OH is 1. The molecule has 2 aliphatic carbocycles.